The molecule has 0 aromatic heterocycles. The molecule has 0 saturated heterocycles. The molecule has 8 nitrogen and oxygen atoms in total. The molecule has 1 aromatic rings. The molecule has 0 bridgehead atoms. The Morgan fingerprint density at radius 2 is 1.86 bits per heavy atom. The number of non-ortho nitro benzene ring substituents is 1. The monoisotopic (exact) mass is 318 g/mol. The number of carbonyl (C=O) groups excluding carboxylic acids is 2. The van der Waals surface area contributed by atoms with E-state index in [0.29, 0.717) is 5.56 Å². The van der Waals surface area contributed by atoms with E-state index in [1.165, 1.54) is 31.2 Å². The first-order valence-corrected chi connectivity index (χ1v) is 5.69. The lowest BCUT2D eigenvalue weighted by Gasteiger charge is -2.11. The number of hydrogen-bond acceptors (Lipinski definition) is 7. The Bertz CT molecular complexity index is 505. The Hall–Kier alpha value is -2.19. The lowest BCUT2D eigenvalue weighted by molar-refractivity contribution is -0.384. The molecule has 116 valence electrons. The number of benzene rings is 1. The van der Waals surface area contributed by atoms with Crippen LogP contribution in [0.5, 0.6) is 0 Å². The van der Waals surface area contributed by atoms with Crippen molar-refractivity contribution in [3.05, 3.63) is 39.9 Å². The molecule has 1 aromatic carbocycles. The van der Waals surface area contributed by atoms with E-state index >= 15 is 0 Å². The summed E-state index contributed by atoms with van der Waals surface area (Å²) in [6, 6.07) is 4.51. The summed E-state index contributed by atoms with van der Waals surface area (Å²) in [6.45, 7) is 0.883. The number of carbonyl (C=O) groups is 2. The van der Waals surface area contributed by atoms with E-state index in [4.69, 9.17) is 10.5 Å². The van der Waals surface area contributed by atoms with Gasteiger partial charge in [-0.1, -0.05) is 0 Å². The Morgan fingerprint density at radius 3 is 2.33 bits per heavy atom. The van der Waals surface area contributed by atoms with Crippen molar-refractivity contribution >= 4 is 30.0 Å². The van der Waals surface area contributed by atoms with Gasteiger partial charge in [0.2, 0.25) is 0 Å². The van der Waals surface area contributed by atoms with Gasteiger partial charge in [0, 0.05) is 19.1 Å². The fraction of sp³-hybridized carbons (Fsp3) is 0.333. The van der Waals surface area contributed by atoms with E-state index in [0.717, 1.165) is 0 Å². The SMILES string of the molecule is CC(=O)OCC(N)C(=O)OCc1ccc([N+](=O)[O-])cc1.Cl. The Kier molecular flexibility index (Phi) is 7.95. The number of esters is 2. The molecule has 0 aliphatic carbocycles. The largest absolute Gasteiger partial charge is 0.464 e. The number of rotatable bonds is 6. The number of nitro groups is 1. The van der Waals surface area contributed by atoms with Crippen LogP contribution in [0.3, 0.4) is 0 Å². The van der Waals surface area contributed by atoms with Crippen LogP contribution in [0.4, 0.5) is 5.69 Å². The van der Waals surface area contributed by atoms with E-state index in [-0.39, 0.29) is 31.3 Å². The van der Waals surface area contributed by atoms with Crippen molar-refractivity contribution in [2.75, 3.05) is 6.61 Å². The third kappa shape index (κ3) is 6.68. The van der Waals surface area contributed by atoms with Crippen LogP contribution in [0.2, 0.25) is 0 Å². The van der Waals surface area contributed by atoms with Gasteiger partial charge in [-0.15, -0.1) is 12.4 Å². The summed E-state index contributed by atoms with van der Waals surface area (Å²) in [6.07, 6.45) is 0. The Morgan fingerprint density at radius 1 is 1.29 bits per heavy atom. The second-order valence-electron chi connectivity index (χ2n) is 3.94. The number of nitrogens with two attached hydrogens (primary N) is 1. The molecule has 0 fully saturated rings. The van der Waals surface area contributed by atoms with Gasteiger partial charge in [-0.2, -0.15) is 0 Å². The van der Waals surface area contributed by atoms with Gasteiger partial charge in [0.05, 0.1) is 4.92 Å². The molecule has 0 spiro atoms. The summed E-state index contributed by atoms with van der Waals surface area (Å²) in [5, 5.41) is 10.5. The van der Waals surface area contributed by atoms with Gasteiger partial charge >= 0.3 is 11.9 Å². The molecule has 0 aliphatic rings. The highest BCUT2D eigenvalue weighted by Gasteiger charge is 2.16. The number of nitro benzene ring substituents is 1. The van der Waals surface area contributed by atoms with Crippen molar-refractivity contribution in [3.63, 3.8) is 0 Å². The van der Waals surface area contributed by atoms with E-state index < -0.39 is 22.9 Å². The van der Waals surface area contributed by atoms with Crippen LogP contribution in [0, 0.1) is 10.1 Å². The standard InChI is InChI=1S/C12H14N2O6.ClH/c1-8(15)19-7-11(13)12(16)20-6-9-2-4-10(5-3-9)14(17)18;/h2-5,11H,6-7,13H2,1H3;1H. The van der Waals surface area contributed by atoms with Crippen molar-refractivity contribution in [1.82, 2.24) is 0 Å². The molecule has 0 heterocycles. The topological polar surface area (TPSA) is 122 Å². The van der Waals surface area contributed by atoms with Crippen LogP contribution in [0.25, 0.3) is 0 Å². The van der Waals surface area contributed by atoms with Crippen LogP contribution in [0.15, 0.2) is 24.3 Å². The molecule has 0 radical (unpaired) electrons. The van der Waals surface area contributed by atoms with Crippen LogP contribution in [0.1, 0.15) is 12.5 Å². The lowest BCUT2D eigenvalue weighted by Crippen LogP contribution is -2.37. The molecule has 0 saturated carbocycles. The average molecular weight is 319 g/mol. The minimum Gasteiger partial charge on any atom is -0.464 e. The van der Waals surface area contributed by atoms with E-state index in [1.54, 1.807) is 0 Å². The van der Waals surface area contributed by atoms with Gasteiger partial charge in [0.15, 0.2) is 0 Å². The minimum absolute atomic E-state index is 0. The predicted octanol–water partition coefficient (Wildman–Crippen LogP) is 0.950. The Balaban J connectivity index is 0.00000400. The zero-order valence-electron chi connectivity index (χ0n) is 11.2. The molecule has 21 heavy (non-hydrogen) atoms. The van der Waals surface area contributed by atoms with Crippen molar-refractivity contribution in [2.24, 2.45) is 5.73 Å². The van der Waals surface area contributed by atoms with Crippen LogP contribution in [-0.4, -0.2) is 29.5 Å². The first-order valence-electron chi connectivity index (χ1n) is 5.69. The third-order valence-corrected chi connectivity index (χ3v) is 2.30. The quantitative estimate of drug-likeness (QED) is 0.470. The van der Waals surface area contributed by atoms with Crippen molar-refractivity contribution in [3.8, 4) is 0 Å². The average Bonchev–Trinajstić information content (AvgIpc) is 2.42. The summed E-state index contributed by atoms with van der Waals surface area (Å²) in [4.78, 5) is 31.9. The van der Waals surface area contributed by atoms with Crippen molar-refractivity contribution < 1.29 is 24.0 Å². The lowest BCUT2D eigenvalue weighted by atomic mass is 10.2. The first kappa shape index (κ1) is 18.8. The fourth-order valence-corrected chi connectivity index (χ4v) is 1.25. The van der Waals surface area contributed by atoms with Gasteiger partial charge in [0.1, 0.15) is 19.3 Å². The molecule has 1 atom stereocenters. The number of halogens is 1. The number of nitrogens with zero attached hydrogens (tertiary/aromatic N) is 1. The number of ether oxygens (including phenoxy) is 2. The summed E-state index contributed by atoms with van der Waals surface area (Å²) in [5.41, 5.74) is 5.99. The van der Waals surface area contributed by atoms with E-state index in [1.807, 2.05) is 0 Å². The third-order valence-electron chi connectivity index (χ3n) is 2.30. The maximum atomic E-state index is 11.5. The molecule has 0 amide bonds. The van der Waals surface area contributed by atoms with Crippen LogP contribution < -0.4 is 5.73 Å². The van der Waals surface area contributed by atoms with Gasteiger partial charge in [-0.25, -0.2) is 0 Å². The van der Waals surface area contributed by atoms with Gasteiger partial charge in [-0.05, 0) is 17.7 Å². The first-order chi connectivity index (χ1) is 9.40. The molecular weight excluding hydrogens is 304 g/mol. The summed E-state index contributed by atoms with van der Waals surface area (Å²) in [7, 11) is 0. The highest BCUT2D eigenvalue weighted by molar-refractivity contribution is 5.85. The summed E-state index contributed by atoms with van der Waals surface area (Å²) < 4.78 is 9.48. The molecular formula is C12H15ClN2O6. The van der Waals surface area contributed by atoms with Crippen LogP contribution in [-0.2, 0) is 25.7 Å². The second-order valence-corrected chi connectivity index (χ2v) is 3.94. The number of hydrogen-bond donors (Lipinski definition) is 1. The highest BCUT2D eigenvalue weighted by Crippen LogP contribution is 2.12. The Labute approximate surface area is 126 Å². The molecule has 1 rings (SSSR count). The van der Waals surface area contributed by atoms with Crippen molar-refractivity contribution in [1.29, 1.82) is 0 Å². The summed E-state index contributed by atoms with van der Waals surface area (Å²) >= 11 is 0. The van der Waals surface area contributed by atoms with Gasteiger partial charge in [0.25, 0.3) is 5.69 Å². The normalized spacial score (nSPS) is 11.0. The maximum absolute atomic E-state index is 11.5. The highest BCUT2D eigenvalue weighted by atomic mass is 35.5. The molecule has 9 heteroatoms. The molecule has 1 unspecified atom stereocenters. The molecule has 0 aliphatic heterocycles. The van der Waals surface area contributed by atoms with Gasteiger partial charge in [-0.3, -0.25) is 19.7 Å². The van der Waals surface area contributed by atoms with Crippen LogP contribution >= 0.6 is 12.4 Å². The summed E-state index contributed by atoms with van der Waals surface area (Å²) in [5.74, 6) is -1.26. The van der Waals surface area contributed by atoms with Gasteiger partial charge < -0.3 is 15.2 Å². The smallest absolute Gasteiger partial charge is 0.326 e. The predicted molar refractivity (Wildman–Crippen MR) is 74.7 cm³/mol. The minimum atomic E-state index is -1.06. The van der Waals surface area contributed by atoms with Crippen molar-refractivity contribution in [2.45, 2.75) is 19.6 Å². The maximum Gasteiger partial charge on any atom is 0.326 e. The zero-order chi connectivity index (χ0) is 15.1. The zero-order valence-corrected chi connectivity index (χ0v) is 12.0. The second kappa shape index (κ2) is 8.88. The fourth-order valence-electron chi connectivity index (χ4n) is 1.25. The van der Waals surface area contributed by atoms with E-state index in [9.17, 15) is 19.7 Å². The van der Waals surface area contributed by atoms with E-state index in [2.05, 4.69) is 4.74 Å². The molecule has 2 N–H and O–H groups in total.